The van der Waals surface area contributed by atoms with Crippen molar-refractivity contribution in [3.63, 3.8) is 0 Å². The molecule has 1 saturated carbocycles. The molecular weight excluding hydrogens is 378 g/mol. The van der Waals surface area contributed by atoms with Crippen LogP contribution in [0.3, 0.4) is 0 Å². The maximum atomic E-state index is 12.4. The standard InChI is InChI=1S/C20H27N3O4S/c1-2-27-17-10-8-16(9-11-17)19-12-13-20(24)23(22-19)15-14-21-28(25,26)18-6-4-3-5-7-18/h8-13,18,21H,2-7,14-15H2,1H3. The highest BCUT2D eigenvalue weighted by atomic mass is 32.2. The number of hydrogen-bond donors (Lipinski definition) is 1. The first-order valence-electron chi connectivity index (χ1n) is 9.79. The average molecular weight is 406 g/mol. The number of sulfonamides is 1. The molecule has 3 rings (SSSR count). The Morgan fingerprint density at radius 3 is 2.50 bits per heavy atom. The van der Waals surface area contributed by atoms with Gasteiger partial charge in [0.15, 0.2) is 0 Å². The van der Waals surface area contributed by atoms with E-state index in [2.05, 4.69) is 9.82 Å². The number of benzene rings is 1. The Balaban J connectivity index is 1.65. The lowest BCUT2D eigenvalue weighted by atomic mass is 10.0. The van der Waals surface area contributed by atoms with Crippen LogP contribution in [-0.4, -0.2) is 36.6 Å². The van der Waals surface area contributed by atoms with Crippen molar-refractivity contribution in [3.05, 3.63) is 46.8 Å². The Morgan fingerprint density at radius 2 is 1.82 bits per heavy atom. The lowest BCUT2D eigenvalue weighted by Crippen LogP contribution is -2.38. The molecule has 1 aliphatic carbocycles. The molecule has 1 fully saturated rings. The molecule has 0 atom stereocenters. The first-order chi connectivity index (χ1) is 13.5. The third-order valence-corrected chi connectivity index (χ3v) is 6.90. The fourth-order valence-electron chi connectivity index (χ4n) is 3.44. The molecular formula is C20H27N3O4S. The van der Waals surface area contributed by atoms with Crippen molar-refractivity contribution in [2.75, 3.05) is 13.2 Å². The fourth-order valence-corrected chi connectivity index (χ4v) is 5.00. The molecule has 8 heteroatoms. The minimum atomic E-state index is -3.35. The van der Waals surface area contributed by atoms with E-state index in [1.807, 2.05) is 31.2 Å². The van der Waals surface area contributed by atoms with Crippen molar-refractivity contribution in [2.24, 2.45) is 0 Å². The molecule has 0 spiro atoms. The predicted molar refractivity (Wildman–Crippen MR) is 109 cm³/mol. The molecule has 152 valence electrons. The predicted octanol–water partition coefficient (Wildman–Crippen LogP) is 2.56. The minimum Gasteiger partial charge on any atom is -0.494 e. The van der Waals surface area contributed by atoms with Crippen LogP contribution < -0.4 is 15.0 Å². The molecule has 0 aliphatic heterocycles. The topological polar surface area (TPSA) is 90.3 Å². The number of nitrogens with one attached hydrogen (secondary N) is 1. The van der Waals surface area contributed by atoms with Crippen LogP contribution in [0.15, 0.2) is 41.2 Å². The lowest BCUT2D eigenvalue weighted by molar-refractivity contribution is 0.340. The maximum absolute atomic E-state index is 12.4. The van der Waals surface area contributed by atoms with Gasteiger partial charge in [-0.1, -0.05) is 19.3 Å². The van der Waals surface area contributed by atoms with Crippen molar-refractivity contribution in [1.29, 1.82) is 0 Å². The highest BCUT2D eigenvalue weighted by Gasteiger charge is 2.26. The Bertz CT molecular complexity index is 933. The molecule has 0 saturated heterocycles. The van der Waals surface area contributed by atoms with Crippen LogP contribution in [-0.2, 0) is 16.6 Å². The zero-order chi connectivity index (χ0) is 20.0. The van der Waals surface area contributed by atoms with E-state index in [0.29, 0.717) is 25.1 Å². The zero-order valence-corrected chi connectivity index (χ0v) is 17.0. The summed E-state index contributed by atoms with van der Waals surface area (Å²) in [4.78, 5) is 12.1. The van der Waals surface area contributed by atoms with Crippen molar-refractivity contribution in [1.82, 2.24) is 14.5 Å². The van der Waals surface area contributed by atoms with Gasteiger partial charge in [0.2, 0.25) is 10.0 Å². The molecule has 0 amide bonds. The van der Waals surface area contributed by atoms with Crippen LogP contribution in [0.4, 0.5) is 0 Å². The van der Waals surface area contributed by atoms with Crippen LogP contribution >= 0.6 is 0 Å². The van der Waals surface area contributed by atoms with Gasteiger partial charge in [-0.25, -0.2) is 17.8 Å². The van der Waals surface area contributed by atoms with Gasteiger partial charge in [0, 0.05) is 18.2 Å². The van der Waals surface area contributed by atoms with Crippen molar-refractivity contribution >= 4 is 10.0 Å². The Morgan fingerprint density at radius 1 is 1.11 bits per heavy atom. The summed E-state index contributed by atoms with van der Waals surface area (Å²) in [5.41, 5.74) is 1.25. The van der Waals surface area contributed by atoms with Gasteiger partial charge in [0.25, 0.3) is 5.56 Å². The Hall–Kier alpha value is -2.19. The number of aromatic nitrogens is 2. The first kappa shape index (κ1) is 20.5. The monoisotopic (exact) mass is 405 g/mol. The Labute approximate surface area is 165 Å². The summed E-state index contributed by atoms with van der Waals surface area (Å²) < 4.78 is 34.2. The molecule has 28 heavy (non-hydrogen) atoms. The van der Waals surface area contributed by atoms with E-state index in [1.54, 1.807) is 6.07 Å². The molecule has 0 radical (unpaired) electrons. The van der Waals surface area contributed by atoms with Gasteiger partial charge in [0.05, 0.1) is 24.1 Å². The number of hydrogen-bond acceptors (Lipinski definition) is 5. The highest BCUT2D eigenvalue weighted by Crippen LogP contribution is 2.23. The van der Waals surface area contributed by atoms with Crippen LogP contribution in [0, 0.1) is 0 Å². The van der Waals surface area contributed by atoms with Gasteiger partial charge in [0.1, 0.15) is 5.75 Å². The van der Waals surface area contributed by atoms with E-state index in [4.69, 9.17) is 4.74 Å². The largest absolute Gasteiger partial charge is 0.494 e. The van der Waals surface area contributed by atoms with Crippen LogP contribution in [0.25, 0.3) is 11.3 Å². The summed E-state index contributed by atoms with van der Waals surface area (Å²) in [7, 11) is -3.35. The van der Waals surface area contributed by atoms with Crippen LogP contribution in [0.5, 0.6) is 5.75 Å². The van der Waals surface area contributed by atoms with Crippen LogP contribution in [0.1, 0.15) is 39.0 Å². The number of nitrogens with zero attached hydrogens (tertiary/aromatic N) is 2. The number of rotatable bonds is 8. The van der Waals surface area contributed by atoms with E-state index in [1.165, 1.54) is 10.7 Å². The van der Waals surface area contributed by atoms with Gasteiger partial charge in [-0.15, -0.1) is 0 Å². The summed E-state index contributed by atoms with van der Waals surface area (Å²) in [5, 5.41) is 4.06. The molecule has 2 aromatic rings. The van der Waals surface area contributed by atoms with E-state index < -0.39 is 10.0 Å². The summed E-state index contributed by atoms with van der Waals surface area (Å²) in [6.45, 7) is 2.86. The van der Waals surface area contributed by atoms with Crippen molar-refractivity contribution < 1.29 is 13.2 Å². The summed E-state index contributed by atoms with van der Waals surface area (Å²) in [6, 6.07) is 10.6. The third kappa shape index (κ3) is 5.20. The van der Waals surface area contributed by atoms with Gasteiger partial charge >= 0.3 is 0 Å². The molecule has 1 N–H and O–H groups in total. The van der Waals surface area contributed by atoms with Gasteiger partial charge in [-0.2, -0.15) is 5.10 Å². The van der Waals surface area contributed by atoms with E-state index in [0.717, 1.165) is 30.6 Å². The van der Waals surface area contributed by atoms with Gasteiger partial charge in [-0.05, 0) is 50.1 Å². The van der Waals surface area contributed by atoms with Gasteiger partial charge in [-0.3, -0.25) is 4.79 Å². The molecule has 1 aliphatic rings. The Kier molecular flexibility index (Phi) is 6.85. The maximum Gasteiger partial charge on any atom is 0.266 e. The zero-order valence-electron chi connectivity index (χ0n) is 16.1. The van der Waals surface area contributed by atoms with E-state index >= 15 is 0 Å². The third-order valence-electron chi connectivity index (χ3n) is 4.95. The molecule has 1 aromatic heterocycles. The summed E-state index contributed by atoms with van der Waals surface area (Å²) >= 11 is 0. The van der Waals surface area contributed by atoms with Crippen LogP contribution in [0.2, 0.25) is 0 Å². The average Bonchev–Trinajstić information content (AvgIpc) is 2.71. The second-order valence-electron chi connectivity index (χ2n) is 6.94. The SMILES string of the molecule is CCOc1ccc(-c2ccc(=O)n(CCNS(=O)(=O)C3CCCCC3)n2)cc1. The molecule has 0 bridgehead atoms. The highest BCUT2D eigenvalue weighted by molar-refractivity contribution is 7.90. The van der Waals surface area contributed by atoms with E-state index in [9.17, 15) is 13.2 Å². The minimum absolute atomic E-state index is 0.151. The molecule has 7 nitrogen and oxygen atoms in total. The quantitative estimate of drug-likeness (QED) is 0.729. The number of ether oxygens (including phenoxy) is 1. The normalized spacial score (nSPS) is 15.5. The van der Waals surface area contributed by atoms with Crippen molar-refractivity contribution in [2.45, 2.75) is 50.8 Å². The molecule has 0 unspecified atom stereocenters. The molecule has 1 heterocycles. The summed E-state index contributed by atoms with van der Waals surface area (Å²) in [6.07, 6.45) is 4.43. The summed E-state index contributed by atoms with van der Waals surface area (Å²) in [5.74, 6) is 0.775. The first-order valence-corrected chi connectivity index (χ1v) is 11.3. The fraction of sp³-hybridized carbons (Fsp3) is 0.500. The second kappa shape index (κ2) is 9.34. The molecule has 1 aromatic carbocycles. The smallest absolute Gasteiger partial charge is 0.266 e. The van der Waals surface area contributed by atoms with Crippen molar-refractivity contribution in [3.8, 4) is 17.0 Å². The second-order valence-corrected chi connectivity index (χ2v) is 8.98. The van der Waals surface area contributed by atoms with E-state index in [-0.39, 0.29) is 23.9 Å². The lowest BCUT2D eigenvalue weighted by Gasteiger charge is -2.22. The van der Waals surface area contributed by atoms with Gasteiger partial charge < -0.3 is 4.74 Å².